The van der Waals surface area contributed by atoms with Crippen molar-refractivity contribution in [3.05, 3.63) is 41.5 Å². The molecule has 0 aromatic carbocycles. The molecule has 0 unspecified atom stereocenters. The van der Waals surface area contributed by atoms with Crippen LogP contribution in [0.15, 0.2) is 24.4 Å². The largest absolute Gasteiger partial charge is 0.476 e. The van der Waals surface area contributed by atoms with Gasteiger partial charge in [0.25, 0.3) is 0 Å². The topological polar surface area (TPSA) is 80.9 Å². The van der Waals surface area contributed by atoms with Gasteiger partial charge in [-0.3, -0.25) is 4.98 Å². The van der Waals surface area contributed by atoms with E-state index in [0.29, 0.717) is 12.5 Å². The summed E-state index contributed by atoms with van der Waals surface area (Å²) in [6.07, 6.45) is 4.53. The second-order valence-electron chi connectivity index (χ2n) is 4.70. The van der Waals surface area contributed by atoms with E-state index in [0.717, 1.165) is 30.7 Å². The van der Waals surface area contributed by atoms with Crippen LogP contribution in [0.2, 0.25) is 0 Å². The Balaban J connectivity index is 1.79. The summed E-state index contributed by atoms with van der Waals surface area (Å²) in [7, 11) is 0. The van der Waals surface area contributed by atoms with Gasteiger partial charge in [0.15, 0.2) is 5.69 Å². The maximum atomic E-state index is 11.1. The highest BCUT2D eigenvalue weighted by Gasteiger charge is 2.33. The van der Waals surface area contributed by atoms with Gasteiger partial charge in [0.2, 0.25) is 0 Å². The summed E-state index contributed by atoms with van der Waals surface area (Å²) in [4.78, 5) is 15.4. The van der Waals surface area contributed by atoms with Crippen LogP contribution in [0.5, 0.6) is 0 Å². The summed E-state index contributed by atoms with van der Waals surface area (Å²) in [6, 6.07) is 5.76. The van der Waals surface area contributed by atoms with Crippen LogP contribution in [-0.4, -0.2) is 31.1 Å². The molecule has 0 radical (unpaired) electrons. The third kappa shape index (κ3) is 2.47. The molecule has 0 atom stereocenters. The number of carboxylic acids is 1. The van der Waals surface area contributed by atoms with Crippen LogP contribution in [0.1, 0.15) is 40.6 Å². The van der Waals surface area contributed by atoms with Crippen molar-refractivity contribution in [2.45, 2.75) is 31.7 Å². The number of carbonyl (C=O) groups is 1. The van der Waals surface area contributed by atoms with Gasteiger partial charge >= 0.3 is 5.97 Å². The number of hydrogen-bond acceptors (Lipinski definition) is 4. The van der Waals surface area contributed by atoms with E-state index >= 15 is 0 Å². The van der Waals surface area contributed by atoms with Crippen LogP contribution in [0.25, 0.3) is 0 Å². The van der Waals surface area contributed by atoms with Gasteiger partial charge in [-0.15, -0.1) is 5.10 Å². The summed E-state index contributed by atoms with van der Waals surface area (Å²) in [5.74, 6) is -0.684. The minimum Gasteiger partial charge on any atom is -0.476 e. The van der Waals surface area contributed by atoms with Crippen molar-refractivity contribution < 1.29 is 9.90 Å². The first kappa shape index (κ1) is 11.8. The van der Waals surface area contributed by atoms with E-state index in [1.165, 1.54) is 0 Å². The number of hydrogen-bond donors (Lipinski definition) is 1. The summed E-state index contributed by atoms with van der Waals surface area (Å²) in [5.41, 5.74) is 1.84. The van der Waals surface area contributed by atoms with Crippen LogP contribution in [0, 0.1) is 0 Å². The van der Waals surface area contributed by atoms with Gasteiger partial charge in [0, 0.05) is 30.8 Å². The zero-order valence-corrected chi connectivity index (χ0v) is 10.4. The van der Waals surface area contributed by atoms with Crippen molar-refractivity contribution in [3.63, 3.8) is 0 Å². The highest BCUT2D eigenvalue weighted by molar-refractivity contribution is 5.86. The van der Waals surface area contributed by atoms with Crippen molar-refractivity contribution >= 4 is 5.97 Å². The number of carboxylic acid groups (broad SMARTS) is 1. The van der Waals surface area contributed by atoms with Crippen molar-refractivity contribution in [3.8, 4) is 0 Å². The Morgan fingerprint density at radius 2 is 2.26 bits per heavy atom. The van der Waals surface area contributed by atoms with Crippen LogP contribution >= 0.6 is 0 Å². The van der Waals surface area contributed by atoms with Gasteiger partial charge in [-0.1, -0.05) is 11.3 Å². The van der Waals surface area contributed by atoms with E-state index in [1.54, 1.807) is 10.9 Å². The van der Waals surface area contributed by atoms with Crippen molar-refractivity contribution in [2.75, 3.05) is 0 Å². The third-order valence-corrected chi connectivity index (χ3v) is 3.25. The summed E-state index contributed by atoms with van der Waals surface area (Å²) in [5, 5.41) is 16.9. The predicted molar refractivity (Wildman–Crippen MR) is 66.9 cm³/mol. The molecule has 2 aromatic rings. The average Bonchev–Trinajstić information content (AvgIpc) is 3.17. The lowest BCUT2D eigenvalue weighted by molar-refractivity contribution is 0.0689. The number of aromatic carboxylic acids is 1. The van der Waals surface area contributed by atoms with Crippen LogP contribution in [0.4, 0.5) is 0 Å². The molecule has 1 aliphatic carbocycles. The summed E-state index contributed by atoms with van der Waals surface area (Å²) < 4.78 is 1.72. The highest BCUT2D eigenvalue weighted by Crippen LogP contribution is 2.41. The number of rotatable bonds is 5. The van der Waals surface area contributed by atoms with E-state index in [9.17, 15) is 4.79 Å². The normalized spacial score (nSPS) is 14.5. The van der Waals surface area contributed by atoms with Crippen molar-refractivity contribution in [1.82, 2.24) is 20.0 Å². The highest BCUT2D eigenvalue weighted by atomic mass is 16.4. The maximum absolute atomic E-state index is 11.1. The monoisotopic (exact) mass is 258 g/mol. The summed E-state index contributed by atoms with van der Waals surface area (Å²) >= 11 is 0. The zero-order valence-electron chi connectivity index (χ0n) is 10.4. The molecule has 0 saturated heterocycles. The van der Waals surface area contributed by atoms with E-state index < -0.39 is 5.97 Å². The molecule has 3 rings (SSSR count). The number of aryl methyl sites for hydroxylation is 2. The molecule has 98 valence electrons. The molecule has 19 heavy (non-hydrogen) atoms. The summed E-state index contributed by atoms with van der Waals surface area (Å²) in [6.45, 7) is 0.614. The fourth-order valence-electron chi connectivity index (χ4n) is 2.17. The van der Waals surface area contributed by atoms with Gasteiger partial charge in [0.1, 0.15) is 0 Å². The molecule has 1 fully saturated rings. The lowest BCUT2D eigenvalue weighted by Crippen LogP contribution is -2.09. The Morgan fingerprint density at radius 3 is 2.89 bits per heavy atom. The van der Waals surface area contributed by atoms with E-state index in [-0.39, 0.29) is 5.69 Å². The molecule has 1 N–H and O–H groups in total. The molecular weight excluding hydrogens is 244 g/mol. The molecule has 2 aromatic heterocycles. The molecule has 6 nitrogen and oxygen atoms in total. The lowest BCUT2D eigenvalue weighted by Gasteiger charge is -2.05. The van der Waals surface area contributed by atoms with Crippen LogP contribution in [0.3, 0.4) is 0 Å². The Hall–Kier alpha value is -2.24. The van der Waals surface area contributed by atoms with E-state index in [2.05, 4.69) is 15.3 Å². The Kier molecular flexibility index (Phi) is 2.98. The van der Waals surface area contributed by atoms with Crippen LogP contribution < -0.4 is 0 Å². The molecular formula is C13H14N4O2. The van der Waals surface area contributed by atoms with E-state index in [1.807, 2.05) is 18.2 Å². The van der Waals surface area contributed by atoms with Gasteiger partial charge in [0.05, 0.1) is 5.69 Å². The fraction of sp³-hybridized carbons (Fsp3) is 0.385. The number of nitrogens with zero attached hydrogens (tertiary/aromatic N) is 4. The maximum Gasteiger partial charge on any atom is 0.358 e. The SMILES string of the molecule is O=C(O)c1nnn(CCc2ccccn2)c1C1CC1. The molecule has 2 heterocycles. The van der Waals surface area contributed by atoms with Crippen LogP contribution in [-0.2, 0) is 13.0 Å². The third-order valence-electron chi connectivity index (χ3n) is 3.25. The minimum atomic E-state index is -0.994. The Labute approximate surface area is 110 Å². The second kappa shape index (κ2) is 4.79. The second-order valence-corrected chi connectivity index (χ2v) is 4.70. The average molecular weight is 258 g/mol. The smallest absolute Gasteiger partial charge is 0.358 e. The standard InChI is InChI=1S/C13H14N4O2/c18-13(19)11-12(9-4-5-9)17(16-15-11)8-6-10-3-1-2-7-14-10/h1-3,7,9H,4-6,8H2,(H,18,19). The fourth-order valence-corrected chi connectivity index (χ4v) is 2.17. The Morgan fingerprint density at radius 1 is 1.42 bits per heavy atom. The quantitative estimate of drug-likeness (QED) is 0.878. The molecule has 1 saturated carbocycles. The molecule has 0 amide bonds. The minimum absolute atomic E-state index is 0.100. The molecule has 6 heteroatoms. The van der Waals surface area contributed by atoms with Crippen molar-refractivity contribution in [2.24, 2.45) is 0 Å². The Bertz CT molecular complexity index is 590. The first-order valence-electron chi connectivity index (χ1n) is 6.32. The number of aromatic nitrogens is 4. The predicted octanol–water partition coefficient (Wildman–Crippen LogP) is 1.49. The molecule has 0 aliphatic heterocycles. The van der Waals surface area contributed by atoms with Crippen molar-refractivity contribution in [1.29, 1.82) is 0 Å². The first-order valence-corrected chi connectivity index (χ1v) is 6.32. The first-order chi connectivity index (χ1) is 9.25. The zero-order chi connectivity index (χ0) is 13.2. The van der Waals surface area contributed by atoms with Gasteiger partial charge in [-0.05, 0) is 25.0 Å². The molecule has 0 spiro atoms. The molecule has 1 aliphatic rings. The van der Waals surface area contributed by atoms with Gasteiger partial charge in [-0.25, -0.2) is 9.48 Å². The lowest BCUT2D eigenvalue weighted by atomic mass is 10.2. The molecule has 0 bridgehead atoms. The van der Waals surface area contributed by atoms with Gasteiger partial charge < -0.3 is 5.11 Å². The van der Waals surface area contributed by atoms with E-state index in [4.69, 9.17) is 5.11 Å². The number of pyridine rings is 1. The van der Waals surface area contributed by atoms with Gasteiger partial charge in [-0.2, -0.15) is 0 Å².